The van der Waals surface area contributed by atoms with Crippen LogP contribution in [0.15, 0.2) is 36.4 Å². The van der Waals surface area contributed by atoms with Crippen molar-refractivity contribution in [3.8, 4) is 0 Å². The Morgan fingerprint density at radius 3 is 2.86 bits per heavy atom. The number of fused-ring (bicyclic) bond motifs is 1. The van der Waals surface area contributed by atoms with Crippen LogP contribution in [0, 0.1) is 5.82 Å². The maximum absolute atomic E-state index is 13.4. The SMILES string of the molecule is CN1CCCc2cc(C(O)c3cc(F)ccc3Cl)ccc21. The highest BCUT2D eigenvalue weighted by atomic mass is 35.5. The highest BCUT2D eigenvalue weighted by Crippen LogP contribution is 2.33. The molecule has 1 N–H and O–H groups in total. The zero-order valence-corrected chi connectivity index (χ0v) is 12.6. The second-order valence-corrected chi connectivity index (χ2v) is 5.89. The van der Waals surface area contributed by atoms with Crippen molar-refractivity contribution in [1.29, 1.82) is 0 Å². The minimum absolute atomic E-state index is 0.374. The third-order valence-electron chi connectivity index (χ3n) is 4.02. The maximum Gasteiger partial charge on any atom is 0.123 e. The number of hydrogen-bond acceptors (Lipinski definition) is 2. The Balaban J connectivity index is 1.98. The first kappa shape index (κ1) is 14.4. The van der Waals surface area contributed by atoms with E-state index in [1.54, 1.807) is 0 Å². The van der Waals surface area contributed by atoms with Crippen molar-refractivity contribution in [2.45, 2.75) is 18.9 Å². The largest absolute Gasteiger partial charge is 0.384 e. The van der Waals surface area contributed by atoms with Crippen LogP contribution in [0.1, 0.15) is 29.2 Å². The minimum atomic E-state index is -0.911. The van der Waals surface area contributed by atoms with Gasteiger partial charge in [0.1, 0.15) is 11.9 Å². The van der Waals surface area contributed by atoms with Crippen LogP contribution < -0.4 is 4.90 Å². The van der Waals surface area contributed by atoms with Gasteiger partial charge in [-0.1, -0.05) is 23.7 Å². The van der Waals surface area contributed by atoms with Gasteiger partial charge in [-0.25, -0.2) is 4.39 Å². The summed E-state index contributed by atoms with van der Waals surface area (Å²) in [6, 6.07) is 9.95. The predicted molar refractivity (Wildman–Crippen MR) is 83.5 cm³/mol. The molecule has 1 heterocycles. The normalized spacial score (nSPS) is 15.7. The quantitative estimate of drug-likeness (QED) is 0.908. The van der Waals surface area contributed by atoms with Crippen molar-refractivity contribution in [3.63, 3.8) is 0 Å². The van der Waals surface area contributed by atoms with Crippen LogP contribution in [0.2, 0.25) is 5.02 Å². The van der Waals surface area contributed by atoms with Crippen molar-refractivity contribution >= 4 is 17.3 Å². The lowest BCUT2D eigenvalue weighted by atomic mass is 9.95. The molecule has 110 valence electrons. The molecular weight excluding hydrogens is 289 g/mol. The lowest BCUT2D eigenvalue weighted by Gasteiger charge is -2.28. The molecule has 1 aliphatic rings. The fourth-order valence-corrected chi connectivity index (χ4v) is 3.10. The molecule has 0 aliphatic carbocycles. The molecule has 3 rings (SSSR count). The average Bonchev–Trinajstić information content (AvgIpc) is 2.49. The lowest BCUT2D eigenvalue weighted by Crippen LogP contribution is -2.24. The van der Waals surface area contributed by atoms with Crippen LogP contribution in [0.3, 0.4) is 0 Å². The summed E-state index contributed by atoms with van der Waals surface area (Å²) in [5.41, 5.74) is 3.56. The van der Waals surface area contributed by atoms with E-state index in [1.807, 2.05) is 18.2 Å². The van der Waals surface area contributed by atoms with E-state index >= 15 is 0 Å². The Labute approximate surface area is 128 Å². The van der Waals surface area contributed by atoms with Gasteiger partial charge in [0.2, 0.25) is 0 Å². The Hall–Kier alpha value is -1.58. The van der Waals surface area contributed by atoms with Crippen LogP contribution in [-0.2, 0) is 6.42 Å². The summed E-state index contributed by atoms with van der Waals surface area (Å²) in [5.74, 6) is -0.397. The fraction of sp³-hybridized carbons (Fsp3) is 0.294. The van der Waals surface area contributed by atoms with Crippen LogP contribution in [-0.4, -0.2) is 18.7 Å². The number of halogens is 2. The van der Waals surface area contributed by atoms with Crippen LogP contribution >= 0.6 is 11.6 Å². The van der Waals surface area contributed by atoms with E-state index < -0.39 is 11.9 Å². The minimum Gasteiger partial charge on any atom is -0.384 e. The number of nitrogens with zero attached hydrogens (tertiary/aromatic N) is 1. The van der Waals surface area contributed by atoms with E-state index in [-0.39, 0.29) is 0 Å². The molecule has 2 nitrogen and oxygen atoms in total. The molecule has 0 spiro atoms. The second kappa shape index (κ2) is 5.66. The Morgan fingerprint density at radius 2 is 2.05 bits per heavy atom. The van der Waals surface area contributed by atoms with Gasteiger partial charge < -0.3 is 10.0 Å². The second-order valence-electron chi connectivity index (χ2n) is 5.48. The number of hydrogen-bond donors (Lipinski definition) is 1. The third kappa shape index (κ3) is 2.76. The van der Waals surface area contributed by atoms with Crippen LogP contribution in [0.5, 0.6) is 0 Å². The zero-order valence-electron chi connectivity index (χ0n) is 11.8. The average molecular weight is 306 g/mol. The number of aliphatic hydroxyl groups is 1. The molecule has 0 bridgehead atoms. The summed E-state index contributed by atoms with van der Waals surface area (Å²) in [7, 11) is 2.07. The number of anilines is 1. The summed E-state index contributed by atoms with van der Waals surface area (Å²) >= 11 is 6.07. The molecule has 1 aliphatic heterocycles. The summed E-state index contributed by atoms with van der Waals surface area (Å²) in [5, 5.41) is 10.9. The Bertz CT molecular complexity index is 674. The van der Waals surface area contributed by atoms with Crippen molar-refractivity contribution in [2.24, 2.45) is 0 Å². The standard InChI is InChI=1S/C17H17ClFNO/c1-20-8-2-3-11-9-12(4-7-16(11)20)17(21)14-10-13(19)5-6-15(14)18/h4-7,9-10,17,21H,2-3,8H2,1H3. The molecule has 0 saturated heterocycles. The highest BCUT2D eigenvalue weighted by Gasteiger charge is 2.19. The van der Waals surface area contributed by atoms with E-state index in [0.29, 0.717) is 10.6 Å². The summed E-state index contributed by atoms with van der Waals surface area (Å²) < 4.78 is 13.4. The summed E-state index contributed by atoms with van der Waals surface area (Å²) in [6.07, 6.45) is 1.19. The van der Waals surface area contributed by atoms with Crippen molar-refractivity contribution in [2.75, 3.05) is 18.5 Å². The molecular formula is C17H17ClFNO. The first-order valence-corrected chi connectivity index (χ1v) is 7.41. The first-order valence-electron chi connectivity index (χ1n) is 7.03. The molecule has 0 aromatic heterocycles. The molecule has 4 heteroatoms. The van der Waals surface area contributed by atoms with Crippen molar-refractivity contribution in [1.82, 2.24) is 0 Å². The first-order chi connectivity index (χ1) is 10.1. The van der Waals surface area contributed by atoms with Gasteiger partial charge in [-0.15, -0.1) is 0 Å². The Morgan fingerprint density at radius 1 is 1.24 bits per heavy atom. The van der Waals surface area contributed by atoms with Gasteiger partial charge in [0.25, 0.3) is 0 Å². The van der Waals surface area contributed by atoms with Gasteiger partial charge in [-0.05, 0) is 48.2 Å². The zero-order chi connectivity index (χ0) is 15.0. The van der Waals surface area contributed by atoms with E-state index in [1.165, 1.54) is 29.4 Å². The number of aliphatic hydroxyl groups excluding tert-OH is 1. The van der Waals surface area contributed by atoms with Crippen LogP contribution in [0.4, 0.5) is 10.1 Å². The molecule has 0 radical (unpaired) electrons. The summed E-state index contributed by atoms with van der Waals surface area (Å²) in [6.45, 7) is 1.05. The van der Waals surface area contributed by atoms with E-state index in [4.69, 9.17) is 11.6 Å². The van der Waals surface area contributed by atoms with Gasteiger partial charge in [0.15, 0.2) is 0 Å². The monoisotopic (exact) mass is 305 g/mol. The van der Waals surface area contributed by atoms with E-state index in [9.17, 15) is 9.50 Å². The number of rotatable bonds is 2. The number of benzene rings is 2. The fourth-order valence-electron chi connectivity index (χ4n) is 2.88. The topological polar surface area (TPSA) is 23.5 Å². The molecule has 1 unspecified atom stereocenters. The van der Waals surface area contributed by atoms with Crippen molar-refractivity contribution in [3.05, 3.63) is 63.9 Å². The third-order valence-corrected chi connectivity index (χ3v) is 4.37. The molecule has 2 aromatic carbocycles. The van der Waals surface area contributed by atoms with Crippen molar-refractivity contribution < 1.29 is 9.50 Å². The smallest absolute Gasteiger partial charge is 0.123 e. The van der Waals surface area contributed by atoms with Gasteiger partial charge >= 0.3 is 0 Å². The van der Waals surface area contributed by atoms with Gasteiger partial charge in [0, 0.05) is 29.9 Å². The molecule has 1 atom stereocenters. The van der Waals surface area contributed by atoms with Gasteiger partial charge in [-0.3, -0.25) is 0 Å². The molecule has 0 amide bonds. The van der Waals surface area contributed by atoms with E-state index in [2.05, 4.69) is 11.9 Å². The number of aryl methyl sites for hydroxylation is 1. The molecule has 2 aromatic rings. The van der Waals surface area contributed by atoms with Crippen LogP contribution in [0.25, 0.3) is 0 Å². The van der Waals surface area contributed by atoms with E-state index in [0.717, 1.165) is 24.9 Å². The summed E-state index contributed by atoms with van der Waals surface area (Å²) in [4.78, 5) is 2.21. The maximum atomic E-state index is 13.4. The Kier molecular flexibility index (Phi) is 3.87. The molecule has 21 heavy (non-hydrogen) atoms. The lowest BCUT2D eigenvalue weighted by molar-refractivity contribution is 0.220. The highest BCUT2D eigenvalue weighted by molar-refractivity contribution is 6.31. The predicted octanol–water partition coefficient (Wildman–Crippen LogP) is 3.94. The molecule has 0 fully saturated rings. The van der Waals surface area contributed by atoms with Gasteiger partial charge in [-0.2, -0.15) is 0 Å². The molecule has 0 saturated carbocycles. The van der Waals surface area contributed by atoms with Gasteiger partial charge in [0.05, 0.1) is 0 Å².